The van der Waals surface area contributed by atoms with Crippen LogP contribution in [0.15, 0.2) is 48.8 Å². The third-order valence-electron chi connectivity index (χ3n) is 3.54. The van der Waals surface area contributed by atoms with Gasteiger partial charge in [0.15, 0.2) is 5.65 Å². The van der Waals surface area contributed by atoms with Gasteiger partial charge in [0.25, 0.3) is 0 Å². The Balaban J connectivity index is 1.78. The predicted octanol–water partition coefficient (Wildman–Crippen LogP) is 2.58. The zero-order valence-corrected chi connectivity index (χ0v) is 12.8. The van der Waals surface area contributed by atoms with E-state index >= 15 is 0 Å². The van der Waals surface area contributed by atoms with Gasteiger partial charge in [0.2, 0.25) is 5.95 Å². The molecule has 0 aliphatic heterocycles. The van der Waals surface area contributed by atoms with E-state index in [9.17, 15) is 0 Å². The van der Waals surface area contributed by atoms with Gasteiger partial charge in [-0.1, -0.05) is 30.3 Å². The standard InChI is InChI=1S/C16H15N7/c1-11-10-13(22(2)20-11)18-16-19-15-14(12-6-4-3-5-7-12)17-8-9-23(15)21-16/h3-10H,1-2H3,(H,18,21). The Morgan fingerprint density at radius 2 is 1.91 bits per heavy atom. The third-order valence-corrected chi connectivity index (χ3v) is 3.54. The van der Waals surface area contributed by atoms with Gasteiger partial charge in [-0.25, -0.2) is 4.52 Å². The molecule has 4 rings (SSSR count). The zero-order valence-electron chi connectivity index (χ0n) is 12.8. The quantitative estimate of drug-likeness (QED) is 0.630. The second kappa shape index (κ2) is 5.20. The Kier molecular flexibility index (Phi) is 3.04. The maximum absolute atomic E-state index is 4.57. The number of nitrogens with one attached hydrogen (secondary N) is 1. The highest BCUT2D eigenvalue weighted by molar-refractivity contribution is 5.74. The van der Waals surface area contributed by atoms with Crippen LogP contribution in [0.25, 0.3) is 16.9 Å². The van der Waals surface area contributed by atoms with E-state index in [0.717, 1.165) is 22.8 Å². The third kappa shape index (κ3) is 2.42. The molecule has 0 amide bonds. The van der Waals surface area contributed by atoms with Crippen molar-refractivity contribution < 1.29 is 0 Å². The van der Waals surface area contributed by atoms with Crippen molar-refractivity contribution >= 4 is 17.4 Å². The fourth-order valence-electron chi connectivity index (χ4n) is 2.51. The summed E-state index contributed by atoms with van der Waals surface area (Å²) in [6.07, 6.45) is 3.51. The largest absolute Gasteiger partial charge is 0.308 e. The highest BCUT2D eigenvalue weighted by Gasteiger charge is 2.12. The van der Waals surface area contributed by atoms with Crippen LogP contribution in [0.4, 0.5) is 11.8 Å². The second-order valence-corrected chi connectivity index (χ2v) is 5.27. The lowest BCUT2D eigenvalue weighted by atomic mass is 10.1. The molecule has 114 valence electrons. The van der Waals surface area contributed by atoms with Crippen molar-refractivity contribution in [1.29, 1.82) is 0 Å². The summed E-state index contributed by atoms with van der Waals surface area (Å²) < 4.78 is 3.48. The molecule has 7 nitrogen and oxygen atoms in total. The molecule has 0 saturated carbocycles. The SMILES string of the molecule is Cc1cc(Nc2nc3c(-c4ccccc4)nccn3n2)n(C)n1. The van der Waals surface area contributed by atoms with E-state index in [0.29, 0.717) is 11.6 Å². The lowest BCUT2D eigenvalue weighted by Gasteiger charge is -2.00. The molecular weight excluding hydrogens is 290 g/mol. The molecule has 1 N–H and O–H groups in total. The van der Waals surface area contributed by atoms with Crippen LogP contribution in [0.5, 0.6) is 0 Å². The van der Waals surface area contributed by atoms with Crippen molar-refractivity contribution in [2.24, 2.45) is 7.05 Å². The molecular formula is C16H15N7. The van der Waals surface area contributed by atoms with Gasteiger partial charge in [0.05, 0.1) is 5.69 Å². The van der Waals surface area contributed by atoms with Crippen molar-refractivity contribution in [2.45, 2.75) is 6.92 Å². The molecule has 0 spiro atoms. The number of hydrogen-bond acceptors (Lipinski definition) is 5. The van der Waals surface area contributed by atoms with Crippen LogP contribution < -0.4 is 5.32 Å². The van der Waals surface area contributed by atoms with E-state index in [1.54, 1.807) is 21.6 Å². The molecule has 0 atom stereocenters. The number of fused-ring (bicyclic) bond motifs is 1. The fraction of sp³-hybridized carbons (Fsp3) is 0.125. The number of anilines is 2. The maximum Gasteiger partial charge on any atom is 0.248 e. The zero-order chi connectivity index (χ0) is 15.8. The molecule has 7 heteroatoms. The molecule has 3 heterocycles. The van der Waals surface area contributed by atoms with Gasteiger partial charge in [0.1, 0.15) is 11.5 Å². The number of hydrogen-bond donors (Lipinski definition) is 1. The number of aromatic nitrogens is 6. The Morgan fingerprint density at radius 1 is 1.09 bits per heavy atom. The number of aryl methyl sites for hydroxylation is 2. The van der Waals surface area contributed by atoms with Gasteiger partial charge in [-0.05, 0) is 6.92 Å². The van der Waals surface area contributed by atoms with Gasteiger partial charge >= 0.3 is 0 Å². The van der Waals surface area contributed by atoms with Crippen molar-refractivity contribution in [1.82, 2.24) is 29.4 Å². The maximum atomic E-state index is 4.57. The minimum atomic E-state index is 0.512. The number of benzene rings is 1. The molecule has 0 radical (unpaired) electrons. The topological polar surface area (TPSA) is 72.9 Å². The first-order valence-corrected chi connectivity index (χ1v) is 7.25. The molecule has 1 aromatic carbocycles. The molecule has 23 heavy (non-hydrogen) atoms. The second-order valence-electron chi connectivity index (χ2n) is 5.27. The molecule has 3 aromatic heterocycles. The molecule has 0 fully saturated rings. The van der Waals surface area contributed by atoms with Crippen molar-refractivity contribution in [3.05, 3.63) is 54.5 Å². The highest BCUT2D eigenvalue weighted by Crippen LogP contribution is 2.22. The van der Waals surface area contributed by atoms with Crippen LogP contribution in [0.1, 0.15) is 5.69 Å². The number of rotatable bonds is 3. The first-order valence-electron chi connectivity index (χ1n) is 7.25. The van der Waals surface area contributed by atoms with E-state index < -0.39 is 0 Å². The van der Waals surface area contributed by atoms with Gasteiger partial charge in [-0.3, -0.25) is 9.67 Å². The van der Waals surface area contributed by atoms with Gasteiger partial charge in [-0.15, -0.1) is 5.10 Å². The molecule has 0 aliphatic rings. The van der Waals surface area contributed by atoms with Crippen molar-refractivity contribution in [3.63, 3.8) is 0 Å². The first-order chi connectivity index (χ1) is 11.2. The Bertz CT molecular complexity index is 969. The van der Waals surface area contributed by atoms with Gasteiger partial charge < -0.3 is 5.32 Å². The molecule has 0 aliphatic carbocycles. The molecule has 0 saturated heterocycles. The molecule has 4 aromatic rings. The Morgan fingerprint density at radius 3 is 2.65 bits per heavy atom. The van der Waals surface area contributed by atoms with E-state index in [-0.39, 0.29) is 0 Å². The van der Waals surface area contributed by atoms with Crippen LogP contribution >= 0.6 is 0 Å². The fourth-order valence-corrected chi connectivity index (χ4v) is 2.51. The summed E-state index contributed by atoms with van der Waals surface area (Å²) in [5.74, 6) is 1.35. The van der Waals surface area contributed by atoms with Crippen LogP contribution in [0.3, 0.4) is 0 Å². The van der Waals surface area contributed by atoms with E-state index in [4.69, 9.17) is 0 Å². The normalized spacial score (nSPS) is 11.0. The van der Waals surface area contributed by atoms with Gasteiger partial charge in [-0.2, -0.15) is 10.1 Å². The number of nitrogens with zero attached hydrogens (tertiary/aromatic N) is 6. The lowest BCUT2D eigenvalue weighted by Crippen LogP contribution is -2.00. The smallest absolute Gasteiger partial charge is 0.248 e. The molecule has 0 unspecified atom stereocenters. The van der Waals surface area contributed by atoms with Gasteiger partial charge in [0, 0.05) is 31.1 Å². The summed E-state index contributed by atoms with van der Waals surface area (Å²) >= 11 is 0. The summed E-state index contributed by atoms with van der Waals surface area (Å²) in [5.41, 5.74) is 3.45. The van der Waals surface area contributed by atoms with E-state index in [1.165, 1.54) is 0 Å². The van der Waals surface area contributed by atoms with Crippen LogP contribution in [-0.2, 0) is 7.05 Å². The summed E-state index contributed by atoms with van der Waals surface area (Å²) in [6, 6.07) is 11.9. The summed E-state index contributed by atoms with van der Waals surface area (Å²) in [5, 5.41) is 12.0. The summed E-state index contributed by atoms with van der Waals surface area (Å²) in [7, 11) is 1.88. The van der Waals surface area contributed by atoms with Crippen LogP contribution in [0.2, 0.25) is 0 Å². The first kappa shape index (κ1) is 13.4. The lowest BCUT2D eigenvalue weighted by molar-refractivity contribution is 0.763. The van der Waals surface area contributed by atoms with E-state index in [1.807, 2.05) is 50.4 Å². The summed E-state index contributed by atoms with van der Waals surface area (Å²) in [4.78, 5) is 9.02. The Labute approximate surface area is 132 Å². The average Bonchev–Trinajstić information content (AvgIpc) is 3.10. The minimum absolute atomic E-state index is 0.512. The Hall–Kier alpha value is -3.22. The van der Waals surface area contributed by atoms with Crippen molar-refractivity contribution in [3.8, 4) is 11.3 Å². The van der Waals surface area contributed by atoms with Crippen LogP contribution in [0, 0.1) is 6.92 Å². The highest BCUT2D eigenvalue weighted by atomic mass is 15.4. The minimum Gasteiger partial charge on any atom is -0.308 e. The van der Waals surface area contributed by atoms with Crippen LogP contribution in [-0.4, -0.2) is 29.4 Å². The monoisotopic (exact) mass is 305 g/mol. The summed E-state index contributed by atoms with van der Waals surface area (Å²) in [6.45, 7) is 1.94. The van der Waals surface area contributed by atoms with E-state index in [2.05, 4.69) is 25.5 Å². The predicted molar refractivity (Wildman–Crippen MR) is 87.4 cm³/mol. The average molecular weight is 305 g/mol. The van der Waals surface area contributed by atoms with Crippen molar-refractivity contribution in [2.75, 3.05) is 5.32 Å². The molecule has 0 bridgehead atoms.